The van der Waals surface area contributed by atoms with Crippen molar-refractivity contribution < 1.29 is 9.64 Å². The fourth-order valence-corrected chi connectivity index (χ4v) is 2.89. The minimum atomic E-state index is 0.356. The van der Waals surface area contributed by atoms with Crippen LogP contribution in [0.1, 0.15) is 6.92 Å². The highest BCUT2D eigenvalue weighted by Gasteiger charge is 2.22. The van der Waals surface area contributed by atoms with Gasteiger partial charge in [0.1, 0.15) is 24.9 Å². The van der Waals surface area contributed by atoms with E-state index < -0.39 is 0 Å². The quantitative estimate of drug-likeness (QED) is 0.805. The number of fused-ring (bicyclic) bond motifs is 1. The first-order chi connectivity index (χ1) is 7.83. The molecule has 16 heavy (non-hydrogen) atoms. The Bertz CT molecular complexity index is 496. The Kier molecular flexibility index (Phi) is 2.63. The van der Waals surface area contributed by atoms with Gasteiger partial charge in [-0.2, -0.15) is 0 Å². The number of hydrogen-bond acceptors (Lipinski definition) is 3. The van der Waals surface area contributed by atoms with Crippen LogP contribution >= 0.6 is 11.3 Å². The number of ether oxygens (including phenoxy) is 1. The van der Waals surface area contributed by atoms with E-state index in [0.29, 0.717) is 6.10 Å². The molecule has 4 heteroatoms. The van der Waals surface area contributed by atoms with Crippen LogP contribution < -0.4 is 4.90 Å². The zero-order valence-electron chi connectivity index (χ0n) is 9.27. The molecule has 1 N–H and O–H groups in total. The van der Waals surface area contributed by atoms with Gasteiger partial charge in [-0.15, -0.1) is 11.3 Å². The van der Waals surface area contributed by atoms with Gasteiger partial charge in [-0.1, -0.05) is 0 Å². The topological polar surface area (TPSA) is 26.6 Å². The van der Waals surface area contributed by atoms with E-state index in [1.54, 1.807) is 11.3 Å². The predicted molar refractivity (Wildman–Crippen MR) is 65.4 cm³/mol. The van der Waals surface area contributed by atoms with Crippen LogP contribution in [0.25, 0.3) is 10.2 Å². The van der Waals surface area contributed by atoms with Gasteiger partial charge in [0.2, 0.25) is 0 Å². The molecule has 1 aromatic carbocycles. The van der Waals surface area contributed by atoms with Gasteiger partial charge >= 0.3 is 0 Å². The Morgan fingerprint density at radius 3 is 3.31 bits per heavy atom. The molecule has 3 nitrogen and oxygen atoms in total. The van der Waals surface area contributed by atoms with E-state index >= 15 is 0 Å². The Labute approximate surface area is 98.7 Å². The Hall–Kier alpha value is -0.970. The average Bonchev–Trinajstić information content (AvgIpc) is 2.75. The second kappa shape index (κ2) is 4.13. The molecule has 0 radical (unpaired) electrons. The Morgan fingerprint density at radius 2 is 2.44 bits per heavy atom. The minimum Gasteiger partial charge on any atom is -0.367 e. The standard InChI is InChI=1S/C12H14N2OS/c1-9-7-14(4-5-15-9)10-2-3-12-11(6-10)13-8-16-12/h2-3,6,8-9H,4-5,7H2,1H3/p+1. The first-order valence-electron chi connectivity index (χ1n) is 5.63. The zero-order chi connectivity index (χ0) is 11.0. The highest BCUT2D eigenvalue weighted by Crippen LogP contribution is 2.19. The normalized spacial score (nSPS) is 26.1. The summed E-state index contributed by atoms with van der Waals surface area (Å²) >= 11 is 1.70. The third-order valence-electron chi connectivity index (χ3n) is 3.08. The maximum Gasteiger partial charge on any atom is 0.133 e. The van der Waals surface area contributed by atoms with Crippen molar-refractivity contribution in [2.24, 2.45) is 0 Å². The highest BCUT2D eigenvalue weighted by atomic mass is 32.1. The van der Waals surface area contributed by atoms with Crippen molar-refractivity contribution in [2.75, 3.05) is 19.7 Å². The molecule has 0 aliphatic carbocycles. The van der Waals surface area contributed by atoms with Gasteiger partial charge in [0.25, 0.3) is 0 Å². The highest BCUT2D eigenvalue weighted by molar-refractivity contribution is 7.16. The van der Waals surface area contributed by atoms with Gasteiger partial charge in [-0.05, 0) is 13.0 Å². The van der Waals surface area contributed by atoms with E-state index in [1.165, 1.54) is 15.3 Å². The van der Waals surface area contributed by atoms with Crippen molar-refractivity contribution in [1.82, 2.24) is 4.98 Å². The van der Waals surface area contributed by atoms with Gasteiger partial charge in [0, 0.05) is 12.1 Å². The fraction of sp³-hybridized carbons (Fsp3) is 0.417. The van der Waals surface area contributed by atoms with E-state index in [-0.39, 0.29) is 0 Å². The molecular weight excluding hydrogens is 220 g/mol. The van der Waals surface area contributed by atoms with Crippen LogP contribution in [0.5, 0.6) is 0 Å². The molecule has 0 spiro atoms. The van der Waals surface area contributed by atoms with Crippen molar-refractivity contribution in [3.05, 3.63) is 23.7 Å². The van der Waals surface area contributed by atoms with E-state index in [2.05, 4.69) is 30.1 Å². The average molecular weight is 235 g/mol. The molecule has 84 valence electrons. The van der Waals surface area contributed by atoms with Crippen LogP contribution in [0, 0.1) is 0 Å². The number of nitrogens with one attached hydrogen (secondary N) is 1. The number of quaternary nitrogens is 1. The second-order valence-electron chi connectivity index (χ2n) is 4.27. The lowest BCUT2D eigenvalue weighted by Gasteiger charge is -2.27. The Morgan fingerprint density at radius 1 is 1.50 bits per heavy atom. The fourth-order valence-electron chi connectivity index (χ4n) is 2.23. The lowest BCUT2D eigenvalue weighted by molar-refractivity contribution is -0.846. The molecule has 1 fully saturated rings. The van der Waals surface area contributed by atoms with Gasteiger partial charge in [0.05, 0.1) is 22.3 Å². The largest absolute Gasteiger partial charge is 0.367 e. The number of hydrogen-bond donors (Lipinski definition) is 1. The summed E-state index contributed by atoms with van der Waals surface area (Å²) in [4.78, 5) is 5.88. The smallest absolute Gasteiger partial charge is 0.133 e. The van der Waals surface area contributed by atoms with Gasteiger partial charge < -0.3 is 4.74 Å². The maximum atomic E-state index is 5.57. The third kappa shape index (κ3) is 1.84. The number of rotatable bonds is 1. The van der Waals surface area contributed by atoms with Crippen LogP contribution in [0.15, 0.2) is 23.7 Å². The molecule has 1 aliphatic heterocycles. The summed E-state index contributed by atoms with van der Waals surface area (Å²) in [6.45, 7) is 5.10. The van der Waals surface area contributed by atoms with Crippen molar-refractivity contribution in [1.29, 1.82) is 0 Å². The summed E-state index contributed by atoms with van der Waals surface area (Å²) < 4.78 is 6.84. The number of nitrogens with zero attached hydrogens (tertiary/aromatic N) is 1. The lowest BCUT2D eigenvalue weighted by atomic mass is 10.2. The van der Waals surface area contributed by atoms with Crippen molar-refractivity contribution in [3.63, 3.8) is 0 Å². The summed E-state index contributed by atoms with van der Waals surface area (Å²) in [6, 6.07) is 6.60. The zero-order valence-corrected chi connectivity index (χ0v) is 10.1. The summed E-state index contributed by atoms with van der Waals surface area (Å²) in [5.41, 5.74) is 4.37. The van der Waals surface area contributed by atoms with Crippen LogP contribution in [-0.2, 0) is 4.74 Å². The summed E-state index contributed by atoms with van der Waals surface area (Å²) in [5.74, 6) is 0. The summed E-state index contributed by atoms with van der Waals surface area (Å²) in [6.07, 6.45) is 0.356. The number of morpholine rings is 1. The first-order valence-corrected chi connectivity index (χ1v) is 6.51. The Balaban J connectivity index is 1.92. The van der Waals surface area contributed by atoms with E-state index in [1.807, 2.05) is 5.51 Å². The number of thiazole rings is 1. The summed E-state index contributed by atoms with van der Waals surface area (Å²) in [5, 5.41) is 0. The van der Waals surface area contributed by atoms with Crippen LogP contribution in [0.4, 0.5) is 5.69 Å². The van der Waals surface area contributed by atoms with Crippen LogP contribution in [0.3, 0.4) is 0 Å². The number of benzene rings is 1. The summed E-state index contributed by atoms with van der Waals surface area (Å²) in [7, 11) is 0. The molecule has 3 rings (SSSR count). The van der Waals surface area contributed by atoms with Crippen molar-refractivity contribution in [3.8, 4) is 0 Å². The monoisotopic (exact) mass is 235 g/mol. The molecule has 2 heterocycles. The van der Waals surface area contributed by atoms with Gasteiger partial charge in [-0.25, -0.2) is 4.98 Å². The SMILES string of the molecule is CC1C[NH+](c2ccc3scnc3c2)CCO1. The molecule has 2 aromatic rings. The third-order valence-corrected chi connectivity index (χ3v) is 3.89. The number of aromatic nitrogens is 1. The second-order valence-corrected chi connectivity index (χ2v) is 5.16. The molecule has 1 aliphatic rings. The molecule has 1 aromatic heterocycles. The van der Waals surface area contributed by atoms with Crippen LogP contribution in [0.2, 0.25) is 0 Å². The van der Waals surface area contributed by atoms with E-state index in [9.17, 15) is 0 Å². The molecule has 2 atom stereocenters. The predicted octanol–water partition coefficient (Wildman–Crippen LogP) is 1.23. The van der Waals surface area contributed by atoms with Crippen molar-refractivity contribution >= 4 is 27.2 Å². The van der Waals surface area contributed by atoms with E-state index in [4.69, 9.17) is 4.74 Å². The minimum absolute atomic E-state index is 0.356. The van der Waals surface area contributed by atoms with Gasteiger partial charge in [-0.3, -0.25) is 4.90 Å². The molecule has 0 bridgehead atoms. The molecule has 0 amide bonds. The molecular formula is C12H15N2OS+. The molecule has 1 saturated heterocycles. The van der Waals surface area contributed by atoms with Gasteiger partial charge in [0.15, 0.2) is 0 Å². The molecule has 2 unspecified atom stereocenters. The first kappa shape index (κ1) is 10.2. The maximum absolute atomic E-state index is 5.57. The van der Waals surface area contributed by atoms with E-state index in [0.717, 1.165) is 25.2 Å². The molecule has 0 saturated carbocycles. The van der Waals surface area contributed by atoms with Crippen LogP contribution in [-0.4, -0.2) is 30.8 Å². The van der Waals surface area contributed by atoms with Crippen molar-refractivity contribution in [2.45, 2.75) is 13.0 Å². The lowest BCUT2D eigenvalue weighted by Crippen LogP contribution is -3.10.